The van der Waals surface area contributed by atoms with Gasteiger partial charge in [0.25, 0.3) is 0 Å². The molecule has 2 atom stereocenters. The van der Waals surface area contributed by atoms with Gasteiger partial charge in [-0.2, -0.15) is 5.10 Å². The Labute approximate surface area is 174 Å². The lowest BCUT2D eigenvalue weighted by Crippen LogP contribution is -2.55. The Kier molecular flexibility index (Phi) is 4.42. The van der Waals surface area contributed by atoms with E-state index in [0.29, 0.717) is 6.54 Å². The van der Waals surface area contributed by atoms with Gasteiger partial charge in [-0.3, -0.25) is 9.59 Å². The summed E-state index contributed by atoms with van der Waals surface area (Å²) in [6, 6.07) is 9.98. The second-order valence-corrected chi connectivity index (χ2v) is 7.96. The number of anilines is 2. The van der Waals surface area contributed by atoms with Crippen molar-refractivity contribution >= 4 is 29.2 Å². The number of rotatable bonds is 3. The highest BCUT2D eigenvalue weighted by atomic mass is 16.2. The second-order valence-electron chi connectivity index (χ2n) is 7.96. The Hall–Kier alpha value is -3.42. The lowest BCUT2D eigenvalue weighted by molar-refractivity contribution is -0.130. The minimum atomic E-state index is -0.427. The van der Waals surface area contributed by atoms with Crippen molar-refractivity contribution in [3.8, 4) is 11.3 Å². The maximum Gasteiger partial charge on any atom is 0.219 e. The molecule has 0 N–H and O–H groups in total. The van der Waals surface area contributed by atoms with E-state index in [1.807, 2.05) is 64.1 Å². The largest absolute Gasteiger partial charge is 0.345 e. The first-order chi connectivity index (χ1) is 14.6. The number of piperidine rings is 1. The van der Waals surface area contributed by atoms with Gasteiger partial charge in [0.15, 0.2) is 18.3 Å². The molecular weight excluding hydrogens is 380 g/mol. The minimum Gasteiger partial charge on any atom is -0.345 e. The summed E-state index contributed by atoms with van der Waals surface area (Å²) in [4.78, 5) is 34.9. The molecule has 5 rings (SSSR count). The monoisotopic (exact) mass is 404 g/mol. The summed E-state index contributed by atoms with van der Waals surface area (Å²) in [7, 11) is 1.92. The maximum absolute atomic E-state index is 12.0. The van der Waals surface area contributed by atoms with Crippen molar-refractivity contribution in [3.63, 3.8) is 0 Å². The second kappa shape index (κ2) is 7.12. The topological polar surface area (TPSA) is 74.1 Å². The first-order valence-corrected chi connectivity index (χ1v) is 10.2. The van der Waals surface area contributed by atoms with E-state index < -0.39 is 6.17 Å². The van der Waals surface area contributed by atoms with Crippen molar-refractivity contribution in [1.82, 2.24) is 19.5 Å². The highest BCUT2D eigenvalue weighted by Gasteiger charge is 2.41. The van der Waals surface area contributed by atoms with Crippen LogP contribution in [0.5, 0.6) is 0 Å². The number of fused-ring (bicyclic) bond motifs is 2. The van der Waals surface area contributed by atoms with Crippen LogP contribution in [-0.4, -0.2) is 64.0 Å². The number of aldehydes is 1. The fourth-order valence-corrected chi connectivity index (χ4v) is 4.66. The molecule has 1 fully saturated rings. The number of carbonyl (C=O) groups excluding carboxylic acids is 2. The third-order valence-electron chi connectivity index (χ3n) is 6.22. The molecule has 0 radical (unpaired) electrons. The summed E-state index contributed by atoms with van der Waals surface area (Å²) in [6.45, 7) is 2.98. The summed E-state index contributed by atoms with van der Waals surface area (Å²) in [5.74, 6) is 0.862. The van der Waals surface area contributed by atoms with Gasteiger partial charge in [-0.25, -0.2) is 9.50 Å². The van der Waals surface area contributed by atoms with E-state index in [9.17, 15) is 9.59 Å². The molecule has 2 aliphatic rings. The molecule has 0 aromatic carbocycles. The molecule has 0 bridgehead atoms. The van der Waals surface area contributed by atoms with Crippen LogP contribution in [0.1, 0.15) is 19.8 Å². The van der Waals surface area contributed by atoms with Crippen molar-refractivity contribution in [2.24, 2.45) is 0 Å². The summed E-state index contributed by atoms with van der Waals surface area (Å²) in [6.07, 6.45) is 6.10. The predicted molar refractivity (Wildman–Crippen MR) is 114 cm³/mol. The summed E-state index contributed by atoms with van der Waals surface area (Å²) < 4.78 is 1.83. The van der Waals surface area contributed by atoms with E-state index in [-0.39, 0.29) is 11.9 Å². The van der Waals surface area contributed by atoms with Crippen molar-refractivity contribution in [2.45, 2.75) is 32.0 Å². The molecule has 30 heavy (non-hydrogen) atoms. The summed E-state index contributed by atoms with van der Waals surface area (Å²) >= 11 is 0. The number of amides is 1. The Morgan fingerprint density at radius 3 is 2.90 bits per heavy atom. The fraction of sp³-hybridized carbons (Fsp3) is 0.364. The average Bonchev–Trinajstić information content (AvgIpc) is 3.32. The van der Waals surface area contributed by atoms with Crippen molar-refractivity contribution in [1.29, 1.82) is 0 Å². The Balaban J connectivity index is 1.58. The molecule has 0 spiro atoms. The predicted octanol–water partition coefficient (Wildman–Crippen LogP) is 2.19. The van der Waals surface area contributed by atoms with E-state index in [2.05, 4.69) is 10.00 Å². The quantitative estimate of drug-likeness (QED) is 0.623. The number of hydrogen-bond donors (Lipinski definition) is 0. The zero-order valence-corrected chi connectivity index (χ0v) is 17.1. The van der Waals surface area contributed by atoms with E-state index in [4.69, 9.17) is 4.98 Å². The van der Waals surface area contributed by atoms with Crippen LogP contribution in [0.2, 0.25) is 0 Å². The lowest BCUT2D eigenvalue weighted by Gasteiger charge is -2.40. The van der Waals surface area contributed by atoms with Gasteiger partial charge in [-0.05, 0) is 37.1 Å². The Morgan fingerprint density at radius 1 is 1.23 bits per heavy atom. The van der Waals surface area contributed by atoms with Crippen molar-refractivity contribution in [3.05, 3.63) is 42.7 Å². The highest BCUT2D eigenvalue weighted by molar-refractivity contribution is 5.87. The molecule has 1 unspecified atom stereocenters. The third-order valence-corrected chi connectivity index (χ3v) is 6.22. The van der Waals surface area contributed by atoms with Gasteiger partial charge in [0.1, 0.15) is 0 Å². The lowest BCUT2D eigenvalue weighted by atomic mass is 10.0. The first-order valence-electron chi connectivity index (χ1n) is 10.2. The van der Waals surface area contributed by atoms with Gasteiger partial charge < -0.3 is 14.7 Å². The summed E-state index contributed by atoms with van der Waals surface area (Å²) in [5, 5.41) is 4.43. The normalized spacial score (nSPS) is 21.2. The highest BCUT2D eigenvalue weighted by Crippen LogP contribution is 2.41. The van der Waals surface area contributed by atoms with E-state index >= 15 is 0 Å². The van der Waals surface area contributed by atoms with Crippen LogP contribution in [-0.2, 0) is 9.59 Å². The molecule has 8 nitrogen and oxygen atoms in total. The Morgan fingerprint density at radius 2 is 2.10 bits per heavy atom. The molecular formula is C22H24N6O2. The number of pyridine rings is 2. The molecule has 3 aromatic heterocycles. The van der Waals surface area contributed by atoms with Gasteiger partial charge in [-0.15, -0.1) is 0 Å². The van der Waals surface area contributed by atoms with Crippen LogP contribution < -0.4 is 9.80 Å². The molecule has 1 saturated heterocycles. The molecule has 3 aromatic rings. The average molecular weight is 404 g/mol. The standard InChI is InChI=1S/C22H24N6O2/c1-15(30)26-10-5-6-16(13-26)28-21(14-29)25(2)20-9-8-18(24-22(20)28)17-12-23-27-11-4-3-7-19(17)27/h3-4,7-9,11-12,14,16,21H,5-6,10,13H2,1-2H3/t16?,21-/m0/s1. The van der Waals surface area contributed by atoms with E-state index in [0.717, 1.165) is 54.0 Å². The SMILES string of the molecule is CC(=O)N1CCCC(N2c3nc(-c4cnn5ccccc45)ccc3N(C)[C@@H]2C=O)C1. The molecule has 0 saturated carbocycles. The smallest absolute Gasteiger partial charge is 0.219 e. The van der Waals surface area contributed by atoms with Gasteiger partial charge in [0, 0.05) is 38.8 Å². The number of carbonyl (C=O) groups is 2. The van der Waals surface area contributed by atoms with Crippen LogP contribution in [0.4, 0.5) is 11.5 Å². The van der Waals surface area contributed by atoms with Crippen LogP contribution in [0.15, 0.2) is 42.7 Å². The van der Waals surface area contributed by atoms with Crippen molar-refractivity contribution in [2.75, 3.05) is 29.9 Å². The van der Waals surface area contributed by atoms with Crippen molar-refractivity contribution < 1.29 is 9.59 Å². The molecule has 8 heteroatoms. The number of likely N-dealkylation sites (tertiary alicyclic amines) is 1. The molecule has 154 valence electrons. The number of likely N-dealkylation sites (N-methyl/N-ethyl adjacent to an activating group) is 1. The van der Waals surface area contributed by atoms with Crippen LogP contribution in [0.25, 0.3) is 16.8 Å². The fourth-order valence-electron chi connectivity index (χ4n) is 4.66. The van der Waals surface area contributed by atoms with E-state index in [1.165, 1.54) is 0 Å². The maximum atomic E-state index is 12.0. The number of aromatic nitrogens is 3. The van der Waals surface area contributed by atoms with Gasteiger partial charge >= 0.3 is 0 Å². The van der Waals surface area contributed by atoms with Crippen LogP contribution >= 0.6 is 0 Å². The third kappa shape index (κ3) is 2.82. The zero-order chi connectivity index (χ0) is 20.8. The van der Waals surface area contributed by atoms with Gasteiger partial charge in [-0.1, -0.05) is 6.07 Å². The molecule has 0 aliphatic carbocycles. The van der Waals surface area contributed by atoms with Crippen LogP contribution in [0.3, 0.4) is 0 Å². The van der Waals surface area contributed by atoms with Gasteiger partial charge in [0.05, 0.1) is 29.1 Å². The van der Waals surface area contributed by atoms with Gasteiger partial charge in [0.2, 0.25) is 5.91 Å². The first kappa shape index (κ1) is 18.6. The molecule has 2 aliphatic heterocycles. The number of nitrogens with zero attached hydrogens (tertiary/aromatic N) is 6. The minimum absolute atomic E-state index is 0.0493. The number of hydrogen-bond acceptors (Lipinski definition) is 6. The molecule has 5 heterocycles. The van der Waals surface area contributed by atoms with E-state index in [1.54, 1.807) is 6.92 Å². The molecule has 1 amide bonds. The zero-order valence-electron chi connectivity index (χ0n) is 17.1. The van der Waals surface area contributed by atoms with Crippen LogP contribution in [0, 0.1) is 0 Å². The summed E-state index contributed by atoms with van der Waals surface area (Å²) in [5.41, 5.74) is 3.67. The Bertz CT molecular complexity index is 1130.